The summed E-state index contributed by atoms with van der Waals surface area (Å²) in [4.78, 5) is 12.9. The van der Waals surface area contributed by atoms with E-state index in [0.717, 1.165) is 10.9 Å². The molecule has 0 fully saturated rings. The lowest BCUT2D eigenvalue weighted by Crippen LogP contribution is -2.16. The second-order valence-corrected chi connectivity index (χ2v) is 7.45. The fraction of sp³-hybridized carbons (Fsp3) is 0.130. The molecule has 0 saturated carbocycles. The molecule has 0 spiro atoms. The van der Waals surface area contributed by atoms with Crippen LogP contribution in [0.4, 0.5) is 5.82 Å². The highest BCUT2D eigenvalue weighted by Gasteiger charge is 2.16. The van der Waals surface area contributed by atoms with Crippen molar-refractivity contribution in [3.8, 4) is 11.5 Å². The molecule has 4 aromatic rings. The molecular weight excluding hydrogens is 446 g/mol. The highest BCUT2D eigenvalue weighted by Crippen LogP contribution is 2.35. The van der Waals surface area contributed by atoms with E-state index in [9.17, 15) is 4.79 Å². The molecule has 4 rings (SSSR count). The number of carbonyl (C=O) groups is 1. The molecule has 1 amide bonds. The molecule has 0 bridgehead atoms. The van der Waals surface area contributed by atoms with Crippen molar-refractivity contribution in [2.45, 2.75) is 6.54 Å². The summed E-state index contributed by atoms with van der Waals surface area (Å²) in [6.07, 6.45) is 1.67. The molecule has 1 aromatic heterocycles. The van der Waals surface area contributed by atoms with Crippen molar-refractivity contribution in [1.82, 2.24) is 9.78 Å². The van der Waals surface area contributed by atoms with Gasteiger partial charge in [0.15, 0.2) is 0 Å². The largest absolute Gasteiger partial charge is 0.495 e. The van der Waals surface area contributed by atoms with Gasteiger partial charge in [-0.05, 0) is 44.4 Å². The second kappa shape index (κ2) is 8.59. The SMILES string of the molecule is COc1cc(C(=O)Nc2ccnn2Cc2cccc3ccccc23)cc(OC)c1Br. The van der Waals surface area contributed by atoms with Crippen LogP contribution in [0.25, 0.3) is 10.8 Å². The van der Waals surface area contributed by atoms with Crippen LogP contribution in [0.1, 0.15) is 15.9 Å². The maximum atomic E-state index is 12.9. The summed E-state index contributed by atoms with van der Waals surface area (Å²) < 4.78 is 13.1. The molecule has 7 heteroatoms. The number of benzene rings is 3. The van der Waals surface area contributed by atoms with Crippen molar-refractivity contribution in [2.75, 3.05) is 19.5 Å². The Hall–Kier alpha value is -3.32. The van der Waals surface area contributed by atoms with Crippen LogP contribution in [0.2, 0.25) is 0 Å². The van der Waals surface area contributed by atoms with Crippen molar-refractivity contribution in [2.24, 2.45) is 0 Å². The molecule has 30 heavy (non-hydrogen) atoms. The molecule has 152 valence electrons. The highest BCUT2D eigenvalue weighted by atomic mass is 79.9. The van der Waals surface area contributed by atoms with Gasteiger partial charge >= 0.3 is 0 Å². The van der Waals surface area contributed by atoms with E-state index in [0.29, 0.717) is 33.9 Å². The summed E-state index contributed by atoms with van der Waals surface area (Å²) >= 11 is 3.42. The number of nitrogens with one attached hydrogen (secondary N) is 1. The van der Waals surface area contributed by atoms with Crippen LogP contribution in [0.15, 0.2) is 71.3 Å². The number of halogens is 1. The highest BCUT2D eigenvalue weighted by molar-refractivity contribution is 9.10. The van der Waals surface area contributed by atoms with Crippen LogP contribution >= 0.6 is 15.9 Å². The molecule has 0 aliphatic heterocycles. The number of fused-ring (bicyclic) bond motifs is 1. The monoisotopic (exact) mass is 465 g/mol. The van der Waals surface area contributed by atoms with E-state index in [2.05, 4.69) is 50.6 Å². The molecule has 0 atom stereocenters. The van der Waals surface area contributed by atoms with Crippen LogP contribution in [0, 0.1) is 0 Å². The first-order valence-electron chi connectivity index (χ1n) is 9.32. The van der Waals surface area contributed by atoms with Gasteiger partial charge in [-0.3, -0.25) is 4.79 Å². The number of anilines is 1. The first-order valence-corrected chi connectivity index (χ1v) is 10.1. The van der Waals surface area contributed by atoms with Crippen molar-refractivity contribution in [3.63, 3.8) is 0 Å². The van der Waals surface area contributed by atoms with E-state index in [1.807, 2.05) is 18.2 Å². The van der Waals surface area contributed by atoms with Gasteiger partial charge in [0, 0.05) is 11.6 Å². The Morgan fingerprint density at radius 1 is 1.03 bits per heavy atom. The third-order valence-corrected chi connectivity index (χ3v) is 5.65. The van der Waals surface area contributed by atoms with Gasteiger partial charge in [-0.1, -0.05) is 42.5 Å². The fourth-order valence-corrected chi connectivity index (χ4v) is 3.90. The topological polar surface area (TPSA) is 65.4 Å². The summed E-state index contributed by atoms with van der Waals surface area (Å²) in [5.41, 5.74) is 1.55. The number of rotatable bonds is 6. The number of ether oxygens (including phenoxy) is 2. The van der Waals surface area contributed by atoms with Crippen molar-refractivity contribution >= 4 is 38.4 Å². The Balaban J connectivity index is 1.60. The van der Waals surface area contributed by atoms with Crippen LogP contribution in [0.5, 0.6) is 11.5 Å². The zero-order valence-electron chi connectivity index (χ0n) is 16.6. The second-order valence-electron chi connectivity index (χ2n) is 6.66. The van der Waals surface area contributed by atoms with Crippen molar-refractivity contribution in [3.05, 3.63) is 82.5 Å². The molecule has 0 saturated heterocycles. The van der Waals surface area contributed by atoms with E-state index >= 15 is 0 Å². The van der Waals surface area contributed by atoms with Gasteiger partial charge in [0.05, 0.1) is 27.0 Å². The minimum atomic E-state index is -0.279. The van der Waals surface area contributed by atoms with Gasteiger partial charge < -0.3 is 14.8 Å². The van der Waals surface area contributed by atoms with Crippen LogP contribution < -0.4 is 14.8 Å². The van der Waals surface area contributed by atoms with E-state index in [4.69, 9.17) is 9.47 Å². The number of hydrogen-bond acceptors (Lipinski definition) is 4. The van der Waals surface area contributed by atoms with Gasteiger partial charge in [-0.2, -0.15) is 5.10 Å². The minimum absolute atomic E-state index is 0.279. The first-order chi connectivity index (χ1) is 14.6. The third kappa shape index (κ3) is 3.89. The Kier molecular flexibility index (Phi) is 5.72. The summed E-state index contributed by atoms with van der Waals surface area (Å²) in [6.45, 7) is 0.539. The van der Waals surface area contributed by atoms with Gasteiger partial charge in [0.25, 0.3) is 5.91 Å². The van der Waals surface area contributed by atoms with Crippen LogP contribution in [0.3, 0.4) is 0 Å². The number of aromatic nitrogens is 2. The van der Waals surface area contributed by atoms with E-state index in [-0.39, 0.29) is 5.91 Å². The standard InChI is InChI=1S/C23H20BrN3O3/c1-29-19-12-17(13-20(30-2)22(19)24)23(28)26-21-10-11-25-27(21)14-16-8-5-7-15-6-3-4-9-18(15)16/h3-13H,14H2,1-2H3,(H,26,28). The minimum Gasteiger partial charge on any atom is -0.495 e. The smallest absolute Gasteiger partial charge is 0.257 e. The van der Waals surface area contributed by atoms with Crippen LogP contribution in [-0.2, 0) is 6.54 Å². The Bertz CT molecular complexity index is 1190. The number of nitrogens with zero attached hydrogens (tertiary/aromatic N) is 2. The molecule has 1 heterocycles. The lowest BCUT2D eigenvalue weighted by atomic mass is 10.0. The normalized spacial score (nSPS) is 10.8. The average Bonchev–Trinajstić information content (AvgIpc) is 3.20. The molecule has 0 aliphatic rings. The number of amides is 1. The molecule has 0 aliphatic carbocycles. The van der Waals surface area contributed by atoms with Crippen molar-refractivity contribution < 1.29 is 14.3 Å². The van der Waals surface area contributed by atoms with Gasteiger partial charge in [-0.15, -0.1) is 0 Å². The van der Waals surface area contributed by atoms with E-state index in [1.54, 1.807) is 43.3 Å². The molecule has 3 aromatic carbocycles. The summed E-state index contributed by atoms with van der Waals surface area (Å²) in [5.74, 6) is 1.36. The first kappa shape index (κ1) is 20.0. The van der Waals surface area contributed by atoms with E-state index in [1.165, 1.54) is 5.39 Å². The zero-order chi connectivity index (χ0) is 21.1. The molecule has 6 nitrogen and oxygen atoms in total. The fourth-order valence-electron chi connectivity index (χ4n) is 3.35. The molecule has 1 N–H and O–H groups in total. The predicted octanol–water partition coefficient (Wildman–Crippen LogP) is 5.12. The lowest BCUT2D eigenvalue weighted by Gasteiger charge is -2.13. The summed E-state index contributed by atoms with van der Waals surface area (Å²) in [6, 6.07) is 19.5. The zero-order valence-corrected chi connectivity index (χ0v) is 18.1. The summed E-state index contributed by atoms with van der Waals surface area (Å²) in [5, 5.41) is 9.65. The molecule has 0 radical (unpaired) electrons. The average molecular weight is 466 g/mol. The quantitative estimate of drug-likeness (QED) is 0.429. The maximum absolute atomic E-state index is 12.9. The van der Waals surface area contributed by atoms with Gasteiger partial charge in [0.2, 0.25) is 0 Å². The van der Waals surface area contributed by atoms with Crippen molar-refractivity contribution in [1.29, 1.82) is 0 Å². The predicted molar refractivity (Wildman–Crippen MR) is 120 cm³/mol. The van der Waals surface area contributed by atoms with E-state index < -0.39 is 0 Å². The van der Waals surface area contributed by atoms with Gasteiger partial charge in [0.1, 0.15) is 21.8 Å². The molecule has 0 unspecified atom stereocenters. The number of methoxy groups -OCH3 is 2. The number of hydrogen-bond donors (Lipinski definition) is 1. The Morgan fingerprint density at radius 3 is 2.47 bits per heavy atom. The third-order valence-electron chi connectivity index (χ3n) is 4.87. The van der Waals surface area contributed by atoms with Crippen LogP contribution in [-0.4, -0.2) is 29.9 Å². The lowest BCUT2D eigenvalue weighted by molar-refractivity contribution is 0.102. The number of carbonyl (C=O) groups excluding carboxylic acids is 1. The maximum Gasteiger partial charge on any atom is 0.257 e. The van der Waals surface area contributed by atoms with Gasteiger partial charge in [-0.25, -0.2) is 4.68 Å². The Labute approximate surface area is 182 Å². The Morgan fingerprint density at radius 2 is 1.73 bits per heavy atom. The summed E-state index contributed by atoms with van der Waals surface area (Å²) in [7, 11) is 3.08. The molecular formula is C23H20BrN3O3.